The van der Waals surface area contributed by atoms with Gasteiger partial charge in [0.15, 0.2) is 0 Å². The molecule has 116 valence electrons. The number of hydrogen-bond acceptors (Lipinski definition) is 3. The van der Waals surface area contributed by atoms with Gasteiger partial charge in [-0.1, -0.05) is 12.6 Å². The molecule has 3 rings (SSSR count). The van der Waals surface area contributed by atoms with Crippen LogP contribution in [0.3, 0.4) is 0 Å². The number of nitrogens with zero attached hydrogens (tertiary/aromatic N) is 2. The lowest BCUT2D eigenvalue weighted by Gasteiger charge is -2.31. The zero-order valence-corrected chi connectivity index (χ0v) is 12.7. The Hall–Kier alpha value is -2.17. The Kier molecular flexibility index (Phi) is 4.22. The molecule has 0 saturated carbocycles. The van der Waals surface area contributed by atoms with Crippen molar-refractivity contribution in [1.29, 1.82) is 0 Å². The highest BCUT2D eigenvalue weighted by Crippen LogP contribution is 2.23. The summed E-state index contributed by atoms with van der Waals surface area (Å²) in [5, 5.41) is 2.90. The number of anilines is 1. The highest BCUT2D eigenvalue weighted by molar-refractivity contribution is 5.93. The molecular weight excluding hydrogens is 278 g/mol. The third kappa shape index (κ3) is 3.03. The highest BCUT2D eigenvalue weighted by Gasteiger charge is 2.27. The number of nitrogens with one attached hydrogen (secondary N) is 1. The van der Waals surface area contributed by atoms with Crippen LogP contribution in [0.15, 0.2) is 24.8 Å². The van der Waals surface area contributed by atoms with Crippen molar-refractivity contribution in [1.82, 2.24) is 9.88 Å². The number of likely N-dealkylation sites (tertiary alicyclic amines) is 1. The largest absolute Gasteiger partial charge is 0.338 e. The Bertz CT molecular complexity index is 612. The first-order valence-electron chi connectivity index (χ1n) is 7.88. The second kappa shape index (κ2) is 6.30. The predicted octanol–water partition coefficient (Wildman–Crippen LogP) is 1.93. The number of carbonyl (C=O) groups excluding carboxylic acids is 2. The molecule has 2 aliphatic rings. The number of aromatic nitrogens is 1. The van der Waals surface area contributed by atoms with Crippen LogP contribution < -0.4 is 5.32 Å². The van der Waals surface area contributed by atoms with Crippen LogP contribution in [0.4, 0.5) is 5.82 Å². The van der Waals surface area contributed by atoms with Crippen LogP contribution in [-0.2, 0) is 22.4 Å². The summed E-state index contributed by atoms with van der Waals surface area (Å²) in [6, 6.07) is 3.93. The van der Waals surface area contributed by atoms with Gasteiger partial charge in [0.05, 0.1) is 5.92 Å². The number of rotatable bonds is 3. The maximum Gasteiger partial charge on any atom is 0.245 e. The average Bonchev–Trinajstić information content (AvgIpc) is 3.02. The van der Waals surface area contributed by atoms with Crippen LogP contribution >= 0.6 is 0 Å². The lowest BCUT2D eigenvalue weighted by Crippen LogP contribution is -2.43. The number of hydrogen-bond donors (Lipinski definition) is 1. The first-order chi connectivity index (χ1) is 10.7. The lowest BCUT2D eigenvalue weighted by molar-refractivity contribution is -0.130. The van der Waals surface area contributed by atoms with Crippen LogP contribution in [0, 0.1) is 5.92 Å². The molecule has 0 aromatic carbocycles. The summed E-state index contributed by atoms with van der Waals surface area (Å²) in [4.78, 5) is 30.3. The zero-order valence-electron chi connectivity index (χ0n) is 12.7. The maximum absolute atomic E-state index is 12.4. The second-order valence-corrected chi connectivity index (χ2v) is 5.97. The van der Waals surface area contributed by atoms with Crippen molar-refractivity contribution in [3.05, 3.63) is 36.0 Å². The first kappa shape index (κ1) is 14.8. The summed E-state index contributed by atoms with van der Waals surface area (Å²) in [5.41, 5.74) is 2.39. The fourth-order valence-corrected chi connectivity index (χ4v) is 3.24. The van der Waals surface area contributed by atoms with Gasteiger partial charge in [-0.2, -0.15) is 0 Å². The normalized spacial score (nSPS) is 20.4. The molecule has 1 aromatic rings. The number of fused-ring (bicyclic) bond motifs is 1. The van der Waals surface area contributed by atoms with Gasteiger partial charge in [0.25, 0.3) is 0 Å². The number of amides is 2. The van der Waals surface area contributed by atoms with E-state index in [1.807, 2.05) is 6.07 Å². The monoisotopic (exact) mass is 299 g/mol. The van der Waals surface area contributed by atoms with E-state index in [9.17, 15) is 9.59 Å². The number of piperidine rings is 1. The molecule has 1 saturated heterocycles. The van der Waals surface area contributed by atoms with Crippen molar-refractivity contribution in [2.75, 3.05) is 18.4 Å². The average molecular weight is 299 g/mol. The fraction of sp³-hybridized carbons (Fsp3) is 0.471. The summed E-state index contributed by atoms with van der Waals surface area (Å²) in [6.07, 6.45) is 6.16. The van der Waals surface area contributed by atoms with Gasteiger partial charge in [-0.25, -0.2) is 4.98 Å². The van der Waals surface area contributed by atoms with Crippen molar-refractivity contribution < 1.29 is 9.59 Å². The predicted molar refractivity (Wildman–Crippen MR) is 84.4 cm³/mol. The summed E-state index contributed by atoms with van der Waals surface area (Å²) in [6.45, 7) is 4.66. The van der Waals surface area contributed by atoms with Crippen molar-refractivity contribution in [2.45, 2.75) is 32.1 Å². The van der Waals surface area contributed by atoms with Gasteiger partial charge < -0.3 is 10.2 Å². The number of aryl methyl sites for hydroxylation is 2. The van der Waals surface area contributed by atoms with Gasteiger partial charge in [-0.05, 0) is 49.8 Å². The van der Waals surface area contributed by atoms with Crippen LogP contribution in [0.25, 0.3) is 0 Å². The Morgan fingerprint density at radius 1 is 1.32 bits per heavy atom. The van der Waals surface area contributed by atoms with E-state index < -0.39 is 0 Å². The second-order valence-electron chi connectivity index (χ2n) is 5.97. The minimum atomic E-state index is -0.173. The molecule has 0 spiro atoms. The third-order valence-corrected chi connectivity index (χ3v) is 4.46. The molecule has 5 heteroatoms. The minimum absolute atomic E-state index is 0.0491. The van der Waals surface area contributed by atoms with E-state index in [2.05, 4.69) is 22.9 Å². The Balaban J connectivity index is 1.64. The maximum atomic E-state index is 12.4. The van der Waals surface area contributed by atoms with Crippen molar-refractivity contribution >= 4 is 17.6 Å². The molecule has 0 bridgehead atoms. The van der Waals surface area contributed by atoms with Gasteiger partial charge in [-0.15, -0.1) is 0 Å². The minimum Gasteiger partial charge on any atom is -0.338 e. The number of pyridine rings is 1. The van der Waals surface area contributed by atoms with E-state index in [-0.39, 0.29) is 17.7 Å². The molecular formula is C17H21N3O2. The van der Waals surface area contributed by atoms with Crippen molar-refractivity contribution in [3.63, 3.8) is 0 Å². The molecule has 22 heavy (non-hydrogen) atoms. The highest BCUT2D eigenvalue weighted by atomic mass is 16.2. The topological polar surface area (TPSA) is 62.3 Å². The molecule has 2 heterocycles. The Morgan fingerprint density at radius 2 is 2.18 bits per heavy atom. The molecule has 1 atom stereocenters. The third-order valence-electron chi connectivity index (χ3n) is 4.46. The van der Waals surface area contributed by atoms with Crippen LogP contribution in [-0.4, -0.2) is 34.8 Å². The SMILES string of the molecule is C=CC(=O)N1CCCC(C(=O)Nc2ccc3c(n2)CCC3)C1. The molecule has 2 amide bonds. The smallest absolute Gasteiger partial charge is 0.245 e. The van der Waals surface area contributed by atoms with Crippen LogP contribution in [0.2, 0.25) is 0 Å². The summed E-state index contributed by atoms with van der Waals surface area (Å²) < 4.78 is 0. The molecule has 1 aromatic heterocycles. The van der Waals surface area contributed by atoms with Crippen molar-refractivity contribution in [3.8, 4) is 0 Å². The van der Waals surface area contributed by atoms with Crippen LogP contribution in [0.1, 0.15) is 30.5 Å². The van der Waals surface area contributed by atoms with E-state index in [0.717, 1.165) is 37.8 Å². The zero-order chi connectivity index (χ0) is 15.5. The molecule has 1 aliphatic heterocycles. The van der Waals surface area contributed by atoms with Gasteiger partial charge in [0.2, 0.25) is 11.8 Å². The molecule has 0 radical (unpaired) electrons. The molecule has 1 aliphatic carbocycles. The number of carbonyl (C=O) groups is 2. The van der Waals surface area contributed by atoms with Crippen LogP contribution in [0.5, 0.6) is 0 Å². The van der Waals surface area contributed by atoms with E-state index in [1.54, 1.807) is 4.90 Å². The standard InChI is InChI=1S/C17H21N3O2/c1-2-16(21)20-10-4-6-13(11-20)17(22)19-15-9-8-12-5-3-7-14(12)18-15/h2,8-9,13H,1,3-7,10-11H2,(H,18,19,22). The lowest BCUT2D eigenvalue weighted by atomic mass is 9.97. The van der Waals surface area contributed by atoms with E-state index >= 15 is 0 Å². The van der Waals surface area contributed by atoms with Gasteiger partial charge in [0, 0.05) is 18.8 Å². The summed E-state index contributed by atoms with van der Waals surface area (Å²) in [5.74, 6) is 0.297. The van der Waals surface area contributed by atoms with Gasteiger partial charge in [-0.3, -0.25) is 9.59 Å². The summed E-state index contributed by atoms with van der Waals surface area (Å²) in [7, 11) is 0. The van der Waals surface area contributed by atoms with E-state index in [4.69, 9.17) is 0 Å². The molecule has 1 N–H and O–H groups in total. The molecule has 1 unspecified atom stereocenters. The molecule has 5 nitrogen and oxygen atoms in total. The Morgan fingerprint density at radius 3 is 3.00 bits per heavy atom. The Labute approximate surface area is 130 Å². The fourth-order valence-electron chi connectivity index (χ4n) is 3.24. The first-order valence-corrected chi connectivity index (χ1v) is 7.88. The van der Waals surface area contributed by atoms with Gasteiger partial charge in [0.1, 0.15) is 5.82 Å². The molecule has 1 fully saturated rings. The van der Waals surface area contributed by atoms with Gasteiger partial charge >= 0.3 is 0 Å². The van der Waals surface area contributed by atoms with Crippen molar-refractivity contribution in [2.24, 2.45) is 5.92 Å². The quantitative estimate of drug-likeness (QED) is 0.868. The van der Waals surface area contributed by atoms with E-state index in [1.165, 1.54) is 11.6 Å². The summed E-state index contributed by atoms with van der Waals surface area (Å²) >= 11 is 0. The van der Waals surface area contributed by atoms with E-state index in [0.29, 0.717) is 18.9 Å².